The van der Waals surface area contributed by atoms with Gasteiger partial charge in [-0.25, -0.2) is 0 Å². The topological polar surface area (TPSA) is 35.5 Å². The Morgan fingerprint density at radius 1 is 0.900 bits per heavy atom. The number of rotatable bonds is 4. The van der Waals surface area contributed by atoms with Crippen molar-refractivity contribution < 1.29 is 13.6 Å². The van der Waals surface area contributed by atoms with Gasteiger partial charge in [-0.15, -0.1) is 0 Å². The zero-order chi connectivity index (χ0) is 22.1. The maximum absolute atomic E-state index is 13.1. The minimum absolute atomic E-state index is 0.0401. The van der Waals surface area contributed by atoms with E-state index in [1.807, 2.05) is 0 Å². The fourth-order valence-corrected chi connectivity index (χ4v) is 9.84. The molecule has 0 N–H and O–H groups in total. The van der Waals surface area contributed by atoms with Crippen LogP contribution in [-0.4, -0.2) is 34.6 Å². The second-order valence-electron chi connectivity index (χ2n) is 13.2. The van der Waals surface area contributed by atoms with Crippen molar-refractivity contribution in [2.75, 3.05) is 0 Å². The third kappa shape index (κ3) is 3.97. The molecule has 30 heavy (non-hydrogen) atoms. The Labute approximate surface area is 186 Å². The highest BCUT2D eigenvalue weighted by Gasteiger charge is 2.62. The molecule has 3 fully saturated rings. The van der Waals surface area contributed by atoms with Crippen LogP contribution in [0.4, 0.5) is 0 Å². The first-order valence-electron chi connectivity index (χ1n) is 12.3. The van der Waals surface area contributed by atoms with Crippen LogP contribution < -0.4 is 0 Å². The first-order chi connectivity index (χ1) is 13.7. The van der Waals surface area contributed by atoms with E-state index in [2.05, 4.69) is 59.2 Å². The van der Waals surface area contributed by atoms with Crippen LogP contribution >= 0.6 is 0 Å². The number of carbonyl (C=O) groups excluding carboxylic acids is 1. The van der Waals surface area contributed by atoms with Crippen molar-refractivity contribution in [3.05, 3.63) is 11.6 Å². The van der Waals surface area contributed by atoms with E-state index in [0.717, 1.165) is 31.6 Å². The van der Waals surface area contributed by atoms with Gasteiger partial charge in [0, 0.05) is 17.9 Å². The number of allylic oxidation sites excluding steroid dienone is 1. The molecule has 7 atom stereocenters. The lowest BCUT2D eigenvalue weighted by atomic mass is 9.48. The molecule has 0 bridgehead atoms. The maximum Gasteiger partial charge on any atom is 0.184 e. The number of fused-ring (bicyclic) bond motifs is 5. The summed E-state index contributed by atoms with van der Waals surface area (Å²) in [7, 11) is -3.24. The number of ketones is 1. The number of carbonyl (C=O) groups is 1. The average Bonchev–Trinajstić information content (AvgIpc) is 2.84. The minimum Gasteiger partial charge on any atom is -0.414 e. The van der Waals surface area contributed by atoms with Gasteiger partial charge in [-0.2, -0.15) is 0 Å². The molecule has 0 spiro atoms. The van der Waals surface area contributed by atoms with Gasteiger partial charge in [0.25, 0.3) is 0 Å². The van der Waals surface area contributed by atoms with Crippen molar-refractivity contribution in [1.29, 1.82) is 0 Å². The van der Waals surface area contributed by atoms with Crippen LogP contribution in [-0.2, 0) is 13.6 Å². The number of Topliss-reactive ketones (excluding diaryl/α,β-unsaturated/α-hetero) is 1. The quantitative estimate of drug-likeness (QED) is 0.360. The summed E-state index contributed by atoms with van der Waals surface area (Å²) >= 11 is 0. The van der Waals surface area contributed by atoms with Crippen molar-refractivity contribution in [3.8, 4) is 0 Å². The molecule has 3 saturated carbocycles. The van der Waals surface area contributed by atoms with E-state index in [9.17, 15) is 4.79 Å². The lowest BCUT2D eigenvalue weighted by molar-refractivity contribution is -0.127. The summed E-state index contributed by atoms with van der Waals surface area (Å²) in [6, 6.07) is 0. The van der Waals surface area contributed by atoms with E-state index < -0.39 is 16.6 Å². The maximum atomic E-state index is 13.1. The van der Waals surface area contributed by atoms with E-state index in [1.165, 1.54) is 19.3 Å². The van der Waals surface area contributed by atoms with Gasteiger partial charge in [-0.3, -0.25) is 4.79 Å². The molecule has 0 aromatic rings. The zero-order valence-corrected chi connectivity index (χ0v) is 22.6. The molecule has 3 nitrogen and oxygen atoms in total. The van der Waals surface area contributed by atoms with Gasteiger partial charge in [0.15, 0.2) is 22.4 Å². The van der Waals surface area contributed by atoms with Crippen LogP contribution in [0.2, 0.25) is 39.3 Å². The molecule has 4 aliphatic rings. The second-order valence-corrected chi connectivity index (χ2v) is 22.1. The lowest BCUT2D eigenvalue weighted by Crippen LogP contribution is -2.53. The predicted octanol–water partition coefficient (Wildman–Crippen LogP) is 6.57. The summed E-state index contributed by atoms with van der Waals surface area (Å²) in [5, 5.41) is 0. The van der Waals surface area contributed by atoms with Gasteiger partial charge in [0.1, 0.15) is 6.10 Å². The van der Waals surface area contributed by atoms with Gasteiger partial charge in [0.2, 0.25) is 0 Å². The third-order valence-corrected chi connectivity index (χ3v) is 10.8. The van der Waals surface area contributed by atoms with Crippen molar-refractivity contribution in [3.63, 3.8) is 0 Å². The first-order valence-corrected chi connectivity index (χ1v) is 19.1. The Hall–Kier alpha value is -0.236. The van der Waals surface area contributed by atoms with E-state index in [1.54, 1.807) is 5.57 Å². The molecule has 4 aliphatic carbocycles. The SMILES string of the molecule is CC12CCC(O[Si](C)(C)C)CC1=CCC1C2CCC2(C)C(O[Si](C)(C)C)C(=O)CC12. The molecule has 0 heterocycles. The Bertz CT molecular complexity index is 734. The molecule has 170 valence electrons. The van der Waals surface area contributed by atoms with Gasteiger partial charge >= 0.3 is 0 Å². The highest BCUT2D eigenvalue weighted by molar-refractivity contribution is 6.70. The molecule has 0 aromatic heterocycles. The van der Waals surface area contributed by atoms with Gasteiger partial charge in [0.05, 0.1) is 0 Å². The molecule has 0 aromatic carbocycles. The normalized spacial score (nSPS) is 44.2. The van der Waals surface area contributed by atoms with Crippen molar-refractivity contribution >= 4 is 22.4 Å². The van der Waals surface area contributed by atoms with Crippen LogP contribution in [0.1, 0.15) is 58.8 Å². The largest absolute Gasteiger partial charge is 0.414 e. The molecular weight excluding hydrogens is 404 g/mol. The fraction of sp³-hybridized carbons (Fsp3) is 0.880. The van der Waals surface area contributed by atoms with Crippen LogP contribution in [0, 0.1) is 28.6 Å². The third-order valence-electron chi connectivity index (χ3n) is 8.80. The molecule has 5 heteroatoms. The lowest BCUT2D eigenvalue weighted by Gasteiger charge is -2.58. The van der Waals surface area contributed by atoms with Crippen LogP contribution in [0.15, 0.2) is 11.6 Å². The zero-order valence-electron chi connectivity index (χ0n) is 20.6. The number of hydrogen-bond acceptors (Lipinski definition) is 3. The summed E-state index contributed by atoms with van der Waals surface area (Å²) in [6.45, 7) is 18.5. The minimum atomic E-state index is -1.74. The summed E-state index contributed by atoms with van der Waals surface area (Å²) in [5.74, 6) is 2.25. The molecule has 7 unspecified atom stereocenters. The molecule has 0 amide bonds. The van der Waals surface area contributed by atoms with Gasteiger partial charge in [-0.1, -0.05) is 25.5 Å². The van der Waals surface area contributed by atoms with Crippen molar-refractivity contribution in [2.24, 2.45) is 28.6 Å². The summed E-state index contributed by atoms with van der Waals surface area (Å²) in [6.07, 6.45) is 10.7. The summed E-state index contributed by atoms with van der Waals surface area (Å²) in [5.41, 5.74) is 2.02. The number of hydrogen-bond donors (Lipinski definition) is 0. The Morgan fingerprint density at radius 3 is 2.20 bits per heavy atom. The molecule has 0 aliphatic heterocycles. The summed E-state index contributed by atoms with van der Waals surface area (Å²) < 4.78 is 13.0. The van der Waals surface area contributed by atoms with Gasteiger partial charge < -0.3 is 8.85 Å². The van der Waals surface area contributed by atoms with E-state index in [-0.39, 0.29) is 11.5 Å². The van der Waals surface area contributed by atoms with Crippen LogP contribution in [0.25, 0.3) is 0 Å². The highest BCUT2D eigenvalue weighted by atomic mass is 28.4. The average molecular weight is 449 g/mol. The Morgan fingerprint density at radius 2 is 1.57 bits per heavy atom. The fourth-order valence-electron chi connectivity index (χ4n) is 7.53. The van der Waals surface area contributed by atoms with Crippen LogP contribution in [0.3, 0.4) is 0 Å². The van der Waals surface area contributed by atoms with Gasteiger partial charge in [-0.05, 0) is 101 Å². The van der Waals surface area contributed by atoms with Crippen LogP contribution in [0.5, 0.6) is 0 Å². The monoisotopic (exact) mass is 448 g/mol. The van der Waals surface area contributed by atoms with E-state index >= 15 is 0 Å². The first kappa shape index (κ1) is 22.9. The molecule has 0 radical (unpaired) electrons. The molecule has 0 saturated heterocycles. The van der Waals surface area contributed by atoms with Crippen molar-refractivity contribution in [1.82, 2.24) is 0 Å². The predicted molar refractivity (Wildman–Crippen MR) is 129 cm³/mol. The van der Waals surface area contributed by atoms with E-state index in [0.29, 0.717) is 29.1 Å². The Balaban J connectivity index is 1.57. The summed E-state index contributed by atoms with van der Waals surface area (Å²) in [4.78, 5) is 13.1. The standard InChI is InChI=1S/C25H44O3Si2/c1-24-13-11-18(27-29(3,4)5)15-17(24)9-10-19-20(24)12-14-25(2)21(19)16-22(26)23(25)28-30(6,7)8/h9,18-21,23H,10-16H2,1-8H3. The molecular formula is C25H44O3Si2. The Kier molecular flexibility index (Phi) is 5.65. The van der Waals surface area contributed by atoms with E-state index in [4.69, 9.17) is 8.85 Å². The van der Waals surface area contributed by atoms with Crippen molar-refractivity contribution in [2.45, 2.75) is 110 Å². The second kappa shape index (κ2) is 7.39. The molecule has 4 rings (SSSR count). The highest BCUT2D eigenvalue weighted by Crippen LogP contribution is 2.65. The smallest absolute Gasteiger partial charge is 0.184 e.